The molecule has 1 amide bonds. The van der Waals surface area contributed by atoms with Crippen LogP contribution >= 0.6 is 23.2 Å². The van der Waals surface area contributed by atoms with Gasteiger partial charge in [0.2, 0.25) is 0 Å². The maximum atomic E-state index is 13.0. The molecule has 21 heavy (non-hydrogen) atoms. The second-order valence-corrected chi connectivity index (χ2v) is 4.88. The summed E-state index contributed by atoms with van der Waals surface area (Å²) in [5.41, 5.74) is 0.129. The molecule has 2 aromatic rings. The Labute approximate surface area is 129 Å². The van der Waals surface area contributed by atoms with Gasteiger partial charge in [0.1, 0.15) is 5.75 Å². The molecule has 0 bridgehead atoms. The van der Waals surface area contributed by atoms with Gasteiger partial charge in [-0.15, -0.1) is 0 Å². The van der Waals surface area contributed by atoms with Gasteiger partial charge in [-0.05, 0) is 30.3 Å². The molecule has 0 aliphatic carbocycles. The van der Waals surface area contributed by atoms with E-state index in [1.165, 1.54) is 18.2 Å². The molecule has 0 aromatic heterocycles. The van der Waals surface area contributed by atoms with Crippen molar-refractivity contribution in [3.05, 3.63) is 58.1 Å². The molecule has 0 unspecified atom stereocenters. The van der Waals surface area contributed by atoms with Gasteiger partial charge in [-0.3, -0.25) is 4.79 Å². The lowest BCUT2D eigenvalue weighted by Crippen LogP contribution is -2.20. The van der Waals surface area contributed by atoms with E-state index in [4.69, 9.17) is 27.9 Å². The Morgan fingerprint density at radius 2 is 1.86 bits per heavy atom. The summed E-state index contributed by atoms with van der Waals surface area (Å²) in [7, 11) is 0. The van der Waals surface area contributed by atoms with Gasteiger partial charge in [0, 0.05) is 16.8 Å². The van der Waals surface area contributed by atoms with Crippen LogP contribution in [-0.4, -0.2) is 12.5 Å². The van der Waals surface area contributed by atoms with Crippen molar-refractivity contribution in [2.24, 2.45) is 0 Å². The van der Waals surface area contributed by atoms with E-state index in [9.17, 15) is 13.6 Å². The number of carbonyl (C=O) groups excluding carboxylic acids is 1. The lowest BCUT2D eigenvalue weighted by molar-refractivity contribution is -0.118. The highest BCUT2D eigenvalue weighted by molar-refractivity contribution is 6.35. The van der Waals surface area contributed by atoms with E-state index in [1.54, 1.807) is 6.07 Å². The Bertz CT molecular complexity index is 680. The zero-order valence-corrected chi connectivity index (χ0v) is 12.0. The van der Waals surface area contributed by atoms with E-state index in [-0.39, 0.29) is 17.3 Å². The summed E-state index contributed by atoms with van der Waals surface area (Å²) in [5, 5.41) is 3.08. The molecule has 0 saturated heterocycles. The zero-order valence-electron chi connectivity index (χ0n) is 10.5. The standard InChI is InChI=1S/C14H9Cl2F2NO2/c15-8-1-4-13(10(16)5-8)21-7-14(20)19-9-2-3-11(17)12(18)6-9/h1-6H,7H2,(H,19,20). The van der Waals surface area contributed by atoms with Gasteiger partial charge in [-0.2, -0.15) is 0 Å². The minimum absolute atomic E-state index is 0.129. The predicted molar refractivity (Wildman–Crippen MR) is 76.9 cm³/mol. The summed E-state index contributed by atoms with van der Waals surface area (Å²) in [5.74, 6) is -2.28. The maximum absolute atomic E-state index is 13.0. The summed E-state index contributed by atoms with van der Waals surface area (Å²) in [4.78, 5) is 11.6. The molecule has 2 rings (SSSR count). The fourth-order valence-corrected chi connectivity index (χ4v) is 1.97. The normalized spacial score (nSPS) is 10.3. The molecule has 0 atom stereocenters. The first-order valence-corrected chi connectivity index (χ1v) is 6.54. The van der Waals surface area contributed by atoms with Crippen molar-refractivity contribution in [3.63, 3.8) is 0 Å². The maximum Gasteiger partial charge on any atom is 0.262 e. The quantitative estimate of drug-likeness (QED) is 0.907. The van der Waals surface area contributed by atoms with Crippen molar-refractivity contribution in [2.75, 3.05) is 11.9 Å². The lowest BCUT2D eigenvalue weighted by Gasteiger charge is -2.09. The monoisotopic (exact) mass is 331 g/mol. The number of carbonyl (C=O) groups is 1. The van der Waals surface area contributed by atoms with Crippen LogP contribution in [0.2, 0.25) is 10.0 Å². The van der Waals surface area contributed by atoms with Gasteiger partial charge in [0.05, 0.1) is 5.02 Å². The van der Waals surface area contributed by atoms with Crippen LogP contribution in [0.3, 0.4) is 0 Å². The molecule has 0 spiro atoms. The number of hydrogen-bond acceptors (Lipinski definition) is 2. The highest BCUT2D eigenvalue weighted by Gasteiger charge is 2.08. The molecule has 2 aromatic carbocycles. The average molecular weight is 332 g/mol. The Morgan fingerprint density at radius 1 is 1.10 bits per heavy atom. The summed E-state index contributed by atoms with van der Waals surface area (Å²) in [6.07, 6.45) is 0. The summed E-state index contributed by atoms with van der Waals surface area (Å²) in [6.45, 7) is -0.333. The number of amides is 1. The first kappa shape index (κ1) is 15.5. The number of hydrogen-bond donors (Lipinski definition) is 1. The second-order valence-electron chi connectivity index (χ2n) is 4.04. The van der Waals surface area contributed by atoms with Crippen LogP contribution in [-0.2, 0) is 4.79 Å². The van der Waals surface area contributed by atoms with Crippen molar-refractivity contribution in [2.45, 2.75) is 0 Å². The fourth-order valence-electron chi connectivity index (χ4n) is 1.51. The SMILES string of the molecule is O=C(COc1ccc(Cl)cc1Cl)Nc1ccc(F)c(F)c1. The van der Waals surface area contributed by atoms with Gasteiger partial charge < -0.3 is 10.1 Å². The molecular weight excluding hydrogens is 323 g/mol. The third kappa shape index (κ3) is 4.31. The van der Waals surface area contributed by atoms with Gasteiger partial charge in [-0.25, -0.2) is 8.78 Å². The minimum Gasteiger partial charge on any atom is -0.482 e. The van der Waals surface area contributed by atoms with E-state index in [0.29, 0.717) is 10.8 Å². The Morgan fingerprint density at radius 3 is 2.52 bits per heavy atom. The van der Waals surface area contributed by atoms with Crippen molar-refractivity contribution in [1.82, 2.24) is 0 Å². The summed E-state index contributed by atoms with van der Waals surface area (Å²) >= 11 is 11.6. The van der Waals surface area contributed by atoms with E-state index in [0.717, 1.165) is 12.1 Å². The number of anilines is 1. The number of benzene rings is 2. The number of ether oxygens (including phenoxy) is 1. The third-order valence-electron chi connectivity index (χ3n) is 2.46. The number of rotatable bonds is 4. The lowest BCUT2D eigenvalue weighted by atomic mass is 10.3. The highest BCUT2D eigenvalue weighted by atomic mass is 35.5. The first-order chi connectivity index (χ1) is 9.95. The second kappa shape index (κ2) is 6.74. The molecule has 110 valence electrons. The smallest absolute Gasteiger partial charge is 0.262 e. The molecule has 0 radical (unpaired) electrons. The molecular formula is C14H9Cl2F2NO2. The molecule has 0 fully saturated rings. The number of halogens is 4. The molecule has 0 heterocycles. The van der Waals surface area contributed by atoms with E-state index in [1.807, 2.05) is 0 Å². The van der Waals surface area contributed by atoms with E-state index in [2.05, 4.69) is 5.32 Å². The van der Waals surface area contributed by atoms with Crippen LogP contribution in [0, 0.1) is 11.6 Å². The van der Waals surface area contributed by atoms with Crippen LogP contribution in [0.4, 0.5) is 14.5 Å². The van der Waals surface area contributed by atoms with Crippen molar-refractivity contribution >= 4 is 34.8 Å². The molecule has 3 nitrogen and oxygen atoms in total. The zero-order chi connectivity index (χ0) is 15.4. The average Bonchev–Trinajstić information content (AvgIpc) is 2.42. The highest BCUT2D eigenvalue weighted by Crippen LogP contribution is 2.27. The van der Waals surface area contributed by atoms with Crippen LogP contribution in [0.1, 0.15) is 0 Å². The molecule has 0 aliphatic rings. The van der Waals surface area contributed by atoms with Crippen LogP contribution in [0.15, 0.2) is 36.4 Å². The first-order valence-electron chi connectivity index (χ1n) is 5.78. The van der Waals surface area contributed by atoms with Gasteiger partial charge in [-0.1, -0.05) is 23.2 Å². The van der Waals surface area contributed by atoms with Crippen molar-refractivity contribution in [1.29, 1.82) is 0 Å². The largest absolute Gasteiger partial charge is 0.482 e. The molecule has 1 N–H and O–H groups in total. The third-order valence-corrected chi connectivity index (χ3v) is 2.99. The Balaban J connectivity index is 1.94. The fraction of sp³-hybridized carbons (Fsp3) is 0.0714. The molecule has 0 aliphatic heterocycles. The summed E-state index contributed by atoms with van der Waals surface area (Å²) in [6, 6.07) is 7.60. The molecule has 7 heteroatoms. The van der Waals surface area contributed by atoms with Crippen molar-refractivity contribution in [3.8, 4) is 5.75 Å². The van der Waals surface area contributed by atoms with Crippen LogP contribution in [0.25, 0.3) is 0 Å². The number of nitrogens with one attached hydrogen (secondary N) is 1. The minimum atomic E-state index is -1.05. The Hall–Kier alpha value is -1.85. The van der Waals surface area contributed by atoms with Crippen LogP contribution in [0.5, 0.6) is 5.75 Å². The van der Waals surface area contributed by atoms with Gasteiger partial charge >= 0.3 is 0 Å². The van der Waals surface area contributed by atoms with Gasteiger partial charge in [0.15, 0.2) is 18.2 Å². The topological polar surface area (TPSA) is 38.3 Å². The Kier molecular flexibility index (Phi) is 4.98. The van der Waals surface area contributed by atoms with Crippen molar-refractivity contribution < 1.29 is 18.3 Å². The molecule has 0 saturated carbocycles. The van der Waals surface area contributed by atoms with Gasteiger partial charge in [0.25, 0.3) is 5.91 Å². The van der Waals surface area contributed by atoms with E-state index >= 15 is 0 Å². The van der Waals surface area contributed by atoms with E-state index < -0.39 is 17.5 Å². The predicted octanol–water partition coefficient (Wildman–Crippen LogP) is 4.29. The van der Waals surface area contributed by atoms with Crippen LogP contribution < -0.4 is 10.1 Å². The summed E-state index contributed by atoms with van der Waals surface area (Å²) < 4.78 is 30.9.